The van der Waals surface area contributed by atoms with Gasteiger partial charge in [-0.15, -0.1) is 0 Å². The van der Waals surface area contributed by atoms with Gasteiger partial charge in [-0.3, -0.25) is 14.5 Å². The summed E-state index contributed by atoms with van der Waals surface area (Å²) in [4.78, 5) is 25.3. The average Bonchev–Trinajstić information content (AvgIpc) is 2.38. The summed E-state index contributed by atoms with van der Waals surface area (Å²) in [7, 11) is 0. The van der Waals surface area contributed by atoms with Crippen molar-refractivity contribution in [2.45, 2.75) is 20.8 Å². The van der Waals surface area contributed by atoms with Crippen LogP contribution >= 0.6 is 0 Å². The summed E-state index contributed by atoms with van der Waals surface area (Å²) < 4.78 is 0. The Morgan fingerprint density at radius 1 is 1.15 bits per heavy atom. The standard InChI is InChI=1S/C15H23N3O2/c1-4-16-14(19)10-18(5-2)11-15(20)17-13-8-6-7-12(3)9-13/h6-9H,4-5,10-11H2,1-3H3,(H,16,19)(H,17,20). The summed E-state index contributed by atoms with van der Waals surface area (Å²) in [5, 5.41) is 5.57. The molecule has 0 radical (unpaired) electrons. The molecule has 0 saturated carbocycles. The van der Waals surface area contributed by atoms with Gasteiger partial charge < -0.3 is 10.6 Å². The fraction of sp³-hybridized carbons (Fsp3) is 0.467. The van der Waals surface area contributed by atoms with Gasteiger partial charge in [0, 0.05) is 12.2 Å². The molecule has 1 rings (SSSR count). The zero-order valence-corrected chi connectivity index (χ0v) is 12.4. The van der Waals surface area contributed by atoms with Gasteiger partial charge in [-0.25, -0.2) is 0 Å². The Kier molecular flexibility index (Phi) is 6.73. The Bertz CT molecular complexity index is 460. The van der Waals surface area contributed by atoms with Crippen molar-refractivity contribution < 1.29 is 9.59 Å². The van der Waals surface area contributed by atoms with Crippen LogP contribution in [0.15, 0.2) is 24.3 Å². The zero-order valence-electron chi connectivity index (χ0n) is 12.4. The molecular formula is C15H23N3O2. The van der Waals surface area contributed by atoms with E-state index in [2.05, 4.69) is 10.6 Å². The van der Waals surface area contributed by atoms with E-state index < -0.39 is 0 Å². The number of hydrogen-bond acceptors (Lipinski definition) is 3. The number of nitrogens with one attached hydrogen (secondary N) is 2. The first-order valence-electron chi connectivity index (χ1n) is 6.90. The second-order valence-corrected chi connectivity index (χ2v) is 4.67. The van der Waals surface area contributed by atoms with E-state index in [1.807, 2.05) is 45.0 Å². The average molecular weight is 277 g/mol. The van der Waals surface area contributed by atoms with E-state index in [9.17, 15) is 9.59 Å². The number of rotatable bonds is 7. The number of hydrogen-bond donors (Lipinski definition) is 2. The molecule has 2 N–H and O–H groups in total. The van der Waals surface area contributed by atoms with Crippen molar-refractivity contribution in [3.05, 3.63) is 29.8 Å². The van der Waals surface area contributed by atoms with Gasteiger partial charge in [-0.2, -0.15) is 0 Å². The molecule has 0 aliphatic rings. The first-order chi connectivity index (χ1) is 9.55. The van der Waals surface area contributed by atoms with Gasteiger partial charge in [0.2, 0.25) is 11.8 Å². The van der Waals surface area contributed by atoms with Crippen molar-refractivity contribution in [3.8, 4) is 0 Å². The van der Waals surface area contributed by atoms with Crippen molar-refractivity contribution in [2.24, 2.45) is 0 Å². The van der Waals surface area contributed by atoms with Crippen molar-refractivity contribution >= 4 is 17.5 Å². The SMILES string of the molecule is CCNC(=O)CN(CC)CC(=O)Nc1cccc(C)c1. The lowest BCUT2D eigenvalue weighted by atomic mass is 10.2. The number of amides is 2. The van der Waals surface area contributed by atoms with Crippen LogP contribution < -0.4 is 10.6 Å². The van der Waals surface area contributed by atoms with Gasteiger partial charge >= 0.3 is 0 Å². The molecule has 0 heterocycles. The van der Waals surface area contributed by atoms with Gasteiger partial charge in [0.05, 0.1) is 13.1 Å². The number of anilines is 1. The van der Waals surface area contributed by atoms with E-state index in [-0.39, 0.29) is 24.9 Å². The molecule has 2 amide bonds. The smallest absolute Gasteiger partial charge is 0.238 e. The third kappa shape index (κ3) is 5.84. The van der Waals surface area contributed by atoms with Crippen LogP contribution in [0.25, 0.3) is 0 Å². The van der Waals surface area contributed by atoms with Gasteiger partial charge in [0.1, 0.15) is 0 Å². The lowest BCUT2D eigenvalue weighted by Gasteiger charge is -2.19. The Balaban J connectivity index is 2.48. The number of carbonyl (C=O) groups excluding carboxylic acids is 2. The van der Waals surface area contributed by atoms with Gasteiger partial charge in [-0.05, 0) is 38.1 Å². The van der Waals surface area contributed by atoms with E-state index in [4.69, 9.17) is 0 Å². The van der Waals surface area contributed by atoms with Crippen LogP contribution in [0.5, 0.6) is 0 Å². The van der Waals surface area contributed by atoms with Crippen molar-refractivity contribution in [1.82, 2.24) is 10.2 Å². The third-order valence-electron chi connectivity index (χ3n) is 2.86. The Morgan fingerprint density at radius 2 is 1.85 bits per heavy atom. The summed E-state index contributed by atoms with van der Waals surface area (Å²) in [6, 6.07) is 7.64. The summed E-state index contributed by atoms with van der Waals surface area (Å²) in [5.41, 5.74) is 1.88. The Morgan fingerprint density at radius 3 is 2.45 bits per heavy atom. The minimum Gasteiger partial charge on any atom is -0.355 e. The number of aryl methyl sites for hydroxylation is 1. The topological polar surface area (TPSA) is 61.4 Å². The van der Waals surface area contributed by atoms with Crippen molar-refractivity contribution in [2.75, 3.05) is 31.5 Å². The highest BCUT2D eigenvalue weighted by Crippen LogP contribution is 2.09. The van der Waals surface area contributed by atoms with Crippen molar-refractivity contribution in [1.29, 1.82) is 0 Å². The molecule has 0 atom stereocenters. The molecule has 0 bridgehead atoms. The number of benzene rings is 1. The fourth-order valence-corrected chi connectivity index (χ4v) is 1.86. The number of nitrogens with zero attached hydrogens (tertiary/aromatic N) is 1. The van der Waals surface area contributed by atoms with E-state index in [0.717, 1.165) is 11.3 Å². The third-order valence-corrected chi connectivity index (χ3v) is 2.86. The second-order valence-electron chi connectivity index (χ2n) is 4.67. The van der Waals surface area contributed by atoms with Crippen LogP contribution in [-0.2, 0) is 9.59 Å². The van der Waals surface area contributed by atoms with Crippen LogP contribution in [0.3, 0.4) is 0 Å². The Labute approximate surface area is 120 Å². The van der Waals surface area contributed by atoms with Crippen LogP contribution in [0.4, 0.5) is 5.69 Å². The predicted octanol–water partition coefficient (Wildman–Crippen LogP) is 1.39. The van der Waals surface area contributed by atoms with Crippen LogP contribution in [0.2, 0.25) is 0 Å². The molecule has 0 aliphatic carbocycles. The highest BCUT2D eigenvalue weighted by molar-refractivity contribution is 5.92. The zero-order chi connectivity index (χ0) is 15.0. The summed E-state index contributed by atoms with van der Waals surface area (Å²) in [6.07, 6.45) is 0. The van der Waals surface area contributed by atoms with Gasteiger partial charge in [-0.1, -0.05) is 19.1 Å². The largest absolute Gasteiger partial charge is 0.355 e. The van der Waals surface area contributed by atoms with Gasteiger partial charge in [0.25, 0.3) is 0 Å². The second kappa shape index (κ2) is 8.32. The molecule has 0 spiro atoms. The predicted molar refractivity (Wildman–Crippen MR) is 80.6 cm³/mol. The number of carbonyl (C=O) groups is 2. The maximum Gasteiger partial charge on any atom is 0.238 e. The molecule has 0 saturated heterocycles. The quantitative estimate of drug-likeness (QED) is 0.792. The van der Waals surface area contributed by atoms with Crippen LogP contribution in [-0.4, -0.2) is 42.9 Å². The highest BCUT2D eigenvalue weighted by atomic mass is 16.2. The minimum absolute atomic E-state index is 0.0577. The van der Waals surface area contributed by atoms with E-state index in [0.29, 0.717) is 13.1 Å². The molecular weight excluding hydrogens is 254 g/mol. The summed E-state index contributed by atoms with van der Waals surface area (Å²) >= 11 is 0. The van der Waals surface area contributed by atoms with E-state index >= 15 is 0 Å². The first-order valence-corrected chi connectivity index (χ1v) is 6.90. The van der Waals surface area contributed by atoms with Crippen LogP contribution in [0, 0.1) is 6.92 Å². The lowest BCUT2D eigenvalue weighted by Crippen LogP contribution is -2.41. The van der Waals surface area contributed by atoms with Crippen LogP contribution in [0.1, 0.15) is 19.4 Å². The molecule has 0 fully saturated rings. The van der Waals surface area contributed by atoms with Crippen molar-refractivity contribution in [3.63, 3.8) is 0 Å². The van der Waals surface area contributed by atoms with Gasteiger partial charge in [0.15, 0.2) is 0 Å². The summed E-state index contributed by atoms with van der Waals surface area (Å²) in [5.74, 6) is -0.167. The molecule has 5 heteroatoms. The molecule has 1 aromatic carbocycles. The molecule has 0 unspecified atom stereocenters. The first kappa shape index (κ1) is 16.2. The van der Waals surface area contributed by atoms with E-state index in [1.165, 1.54) is 0 Å². The maximum atomic E-state index is 11.9. The fourth-order valence-electron chi connectivity index (χ4n) is 1.86. The minimum atomic E-state index is -0.109. The lowest BCUT2D eigenvalue weighted by molar-refractivity contribution is -0.123. The number of likely N-dealkylation sites (N-methyl/N-ethyl adjacent to an activating group) is 2. The van der Waals surface area contributed by atoms with E-state index in [1.54, 1.807) is 4.90 Å². The molecule has 5 nitrogen and oxygen atoms in total. The maximum absolute atomic E-state index is 11.9. The molecule has 1 aromatic rings. The molecule has 0 aliphatic heterocycles. The summed E-state index contributed by atoms with van der Waals surface area (Å²) in [6.45, 7) is 7.48. The highest BCUT2D eigenvalue weighted by Gasteiger charge is 2.12. The molecule has 110 valence electrons. The monoisotopic (exact) mass is 277 g/mol. The normalized spacial score (nSPS) is 10.4. The molecule has 20 heavy (non-hydrogen) atoms. The Hall–Kier alpha value is -1.88. The molecule has 0 aromatic heterocycles.